The molecule has 0 unspecified atom stereocenters. The van der Waals surface area contributed by atoms with Crippen LogP contribution in [0.3, 0.4) is 0 Å². The zero-order chi connectivity index (χ0) is 18.5. The Kier molecular flexibility index (Phi) is 5.50. The van der Waals surface area contributed by atoms with Crippen molar-refractivity contribution in [2.45, 2.75) is 6.54 Å². The van der Waals surface area contributed by atoms with E-state index in [1.165, 1.54) is 29.0 Å². The SMILES string of the molecule is C=CCN(C)Cc1ccc(-c2nnc(-c3cccc([N+](=O)[O-])c3)s2)cc1. The van der Waals surface area contributed by atoms with Gasteiger partial charge in [0.15, 0.2) is 0 Å². The molecule has 0 amide bonds. The highest BCUT2D eigenvalue weighted by molar-refractivity contribution is 7.17. The van der Waals surface area contributed by atoms with E-state index in [2.05, 4.69) is 33.8 Å². The van der Waals surface area contributed by atoms with Crippen molar-refractivity contribution in [2.75, 3.05) is 13.6 Å². The normalized spacial score (nSPS) is 10.8. The van der Waals surface area contributed by atoms with Gasteiger partial charge in [-0.15, -0.1) is 16.8 Å². The summed E-state index contributed by atoms with van der Waals surface area (Å²) in [6, 6.07) is 14.6. The summed E-state index contributed by atoms with van der Waals surface area (Å²) in [4.78, 5) is 12.7. The Labute approximate surface area is 155 Å². The second kappa shape index (κ2) is 7.99. The molecule has 0 saturated carbocycles. The minimum Gasteiger partial charge on any atom is -0.298 e. The number of hydrogen-bond donors (Lipinski definition) is 0. The summed E-state index contributed by atoms with van der Waals surface area (Å²) < 4.78 is 0. The molecule has 0 radical (unpaired) electrons. The van der Waals surface area contributed by atoms with E-state index >= 15 is 0 Å². The largest absolute Gasteiger partial charge is 0.298 e. The van der Waals surface area contributed by atoms with Gasteiger partial charge in [-0.25, -0.2) is 0 Å². The topological polar surface area (TPSA) is 72.2 Å². The maximum atomic E-state index is 10.9. The lowest BCUT2D eigenvalue weighted by atomic mass is 10.1. The highest BCUT2D eigenvalue weighted by Gasteiger charge is 2.12. The molecule has 0 saturated heterocycles. The number of non-ortho nitro benzene ring substituents is 1. The lowest BCUT2D eigenvalue weighted by Crippen LogP contribution is -2.17. The highest BCUT2D eigenvalue weighted by Crippen LogP contribution is 2.31. The zero-order valence-electron chi connectivity index (χ0n) is 14.3. The van der Waals surface area contributed by atoms with Crippen molar-refractivity contribution in [2.24, 2.45) is 0 Å². The van der Waals surface area contributed by atoms with Crippen molar-refractivity contribution in [3.05, 3.63) is 76.9 Å². The van der Waals surface area contributed by atoms with Crippen LogP contribution in [0.5, 0.6) is 0 Å². The van der Waals surface area contributed by atoms with Gasteiger partial charge in [-0.2, -0.15) is 0 Å². The molecule has 3 rings (SSSR count). The molecule has 1 aromatic heterocycles. The third-order valence-corrected chi connectivity index (χ3v) is 4.84. The summed E-state index contributed by atoms with van der Waals surface area (Å²) in [5, 5.41) is 20.8. The van der Waals surface area contributed by atoms with Gasteiger partial charge in [0.25, 0.3) is 5.69 Å². The molecule has 1 heterocycles. The molecule has 0 fully saturated rings. The lowest BCUT2D eigenvalue weighted by molar-refractivity contribution is -0.384. The summed E-state index contributed by atoms with van der Waals surface area (Å²) in [7, 11) is 2.05. The predicted octanol–water partition coefficient (Wildman–Crippen LogP) is 4.40. The second-order valence-electron chi connectivity index (χ2n) is 5.90. The Balaban J connectivity index is 1.78. The molecule has 6 nitrogen and oxygen atoms in total. The predicted molar refractivity (Wildman–Crippen MR) is 104 cm³/mol. The van der Waals surface area contributed by atoms with E-state index in [-0.39, 0.29) is 5.69 Å². The smallest absolute Gasteiger partial charge is 0.270 e. The molecule has 0 N–H and O–H groups in total. The van der Waals surface area contributed by atoms with Crippen LogP contribution in [0.1, 0.15) is 5.56 Å². The van der Waals surface area contributed by atoms with Gasteiger partial charge in [-0.3, -0.25) is 15.0 Å². The van der Waals surface area contributed by atoms with Crippen LogP contribution in [-0.2, 0) is 6.54 Å². The number of benzene rings is 2. The average molecular weight is 366 g/mol. The van der Waals surface area contributed by atoms with Crippen LogP contribution in [0.4, 0.5) is 5.69 Å². The fourth-order valence-electron chi connectivity index (χ4n) is 2.56. The van der Waals surface area contributed by atoms with E-state index in [0.29, 0.717) is 10.6 Å². The standard InChI is InChI=1S/C19H18N4O2S/c1-3-11-22(2)13-14-7-9-15(10-8-14)18-20-21-19(26-18)16-5-4-6-17(12-16)23(24)25/h3-10,12H,1,11,13H2,2H3. The number of nitro groups is 1. The molecule has 0 aliphatic heterocycles. The average Bonchev–Trinajstić information content (AvgIpc) is 3.13. The van der Waals surface area contributed by atoms with Gasteiger partial charge < -0.3 is 0 Å². The first-order chi connectivity index (χ1) is 12.6. The molecule has 0 atom stereocenters. The third-order valence-electron chi connectivity index (χ3n) is 3.82. The van der Waals surface area contributed by atoms with Crippen molar-refractivity contribution < 1.29 is 4.92 Å². The van der Waals surface area contributed by atoms with Gasteiger partial charge >= 0.3 is 0 Å². The van der Waals surface area contributed by atoms with Crippen molar-refractivity contribution in [3.63, 3.8) is 0 Å². The van der Waals surface area contributed by atoms with Crippen molar-refractivity contribution in [3.8, 4) is 21.1 Å². The molecule has 0 aliphatic rings. The number of aromatic nitrogens is 2. The monoisotopic (exact) mass is 366 g/mol. The molecule has 2 aromatic carbocycles. The number of nitro benzene ring substituents is 1. The number of nitrogens with zero attached hydrogens (tertiary/aromatic N) is 4. The van der Waals surface area contributed by atoms with Crippen molar-refractivity contribution in [1.29, 1.82) is 0 Å². The van der Waals surface area contributed by atoms with E-state index in [9.17, 15) is 10.1 Å². The first-order valence-electron chi connectivity index (χ1n) is 8.04. The van der Waals surface area contributed by atoms with E-state index in [1.807, 2.05) is 25.3 Å². The molecule has 0 bridgehead atoms. The highest BCUT2D eigenvalue weighted by atomic mass is 32.1. The van der Waals surface area contributed by atoms with E-state index < -0.39 is 4.92 Å². The van der Waals surface area contributed by atoms with Gasteiger partial charge in [0.1, 0.15) is 10.0 Å². The lowest BCUT2D eigenvalue weighted by Gasteiger charge is -2.14. The Morgan fingerprint density at radius 1 is 1.15 bits per heavy atom. The summed E-state index contributed by atoms with van der Waals surface area (Å²) in [6.07, 6.45) is 1.88. The molecule has 3 aromatic rings. The van der Waals surface area contributed by atoms with Crippen LogP contribution in [0.2, 0.25) is 0 Å². The Bertz CT molecular complexity index is 921. The minimum atomic E-state index is -0.409. The summed E-state index contributed by atoms with van der Waals surface area (Å²) >= 11 is 1.42. The number of rotatable bonds is 7. The maximum Gasteiger partial charge on any atom is 0.270 e. The Hall–Kier alpha value is -2.90. The van der Waals surface area contributed by atoms with Crippen molar-refractivity contribution >= 4 is 17.0 Å². The number of hydrogen-bond acceptors (Lipinski definition) is 6. The van der Waals surface area contributed by atoms with Gasteiger partial charge in [0, 0.05) is 36.3 Å². The third kappa shape index (κ3) is 4.19. The molecule has 26 heavy (non-hydrogen) atoms. The summed E-state index contributed by atoms with van der Waals surface area (Å²) in [5.74, 6) is 0. The van der Waals surface area contributed by atoms with Gasteiger partial charge in [0.2, 0.25) is 0 Å². The molecule has 7 heteroatoms. The van der Waals surface area contributed by atoms with Gasteiger partial charge in [-0.1, -0.05) is 53.8 Å². The molecule has 132 valence electrons. The van der Waals surface area contributed by atoms with Crippen LogP contribution < -0.4 is 0 Å². The van der Waals surface area contributed by atoms with E-state index in [4.69, 9.17) is 0 Å². The Morgan fingerprint density at radius 3 is 2.50 bits per heavy atom. The van der Waals surface area contributed by atoms with Crippen LogP contribution >= 0.6 is 11.3 Å². The van der Waals surface area contributed by atoms with Crippen LogP contribution in [0.15, 0.2) is 61.2 Å². The maximum absolute atomic E-state index is 10.9. The van der Waals surface area contributed by atoms with Gasteiger partial charge in [-0.05, 0) is 12.6 Å². The summed E-state index contributed by atoms with van der Waals surface area (Å²) in [6.45, 7) is 5.43. The summed E-state index contributed by atoms with van der Waals surface area (Å²) in [5.41, 5.74) is 2.94. The van der Waals surface area contributed by atoms with Crippen LogP contribution in [0, 0.1) is 10.1 Å². The molecule has 0 spiro atoms. The first-order valence-corrected chi connectivity index (χ1v) is 8.85. The Morgan fingerprint density at radius 2 is 1.85 bits per heavy atom. The number of likely N-dealkylation sites (N-methyl/N-ethyl adjacent to an activating group) is 1. The van der Waals surface area contributed by atoms with Crippen LogP contribution in [-0.4, -0.2) is 33.6 Å². The van der Waals surface area contributed by atoms with E-state index in [1.54, 1.807) is 12.1 Å². The fraction of sp³-hybridized carbons (Fsp3) is 0.158. The van der Waals surface area contributed by atoms with Crippen LogP contribution in [0.25, 0.3) is 21.1 Å². The fourth-order valence-corrected chi connectivity index (χ4v) is 3.40. The van der Waals surface area contributed by atoms with Gasteiger partial charge in [0.05, 0.1) is 4.92 Å². The first kappa shape index (κ1) is 17.9. The van der Waals surface area contributed by atoms with E-state index in [0.717, 1.165) is 23.7 Å². The molecule has 0 aliphatic carbocycles. The quantitative estimate of drug-likeness (QED) is 0.352. The van der Waals surface area contributed by atoms with Crippen molar-refractivity contribution in [1.82, 2.24) is 15.1 Å². The second-order valence-corrected chi connectivity index (χ2v) is 6.88. The molecular weight excluding hydrogens is 348 g/mol. The minimum absolute atomic E-state index is 0.0484. The zero-order valence-corrected chi connectivity index (χ0v) is 15.1. The molecular formula is C19H18N4O2S.